The molecule has 218 valence electrons. The topological polar surface area (TPSA) is 77.1 Å². The Labute approximate surface area is 243 Å². The highest BCUT2D eigenvalue weighted by molar-refractivity contribution is 5.89. The Morgan fingerprint density at radius 2 is 1.68 bits per heavy atom. The molecule has 2 aromatic carbocycles. The normalized spacial score (nSPS) is 19.1. The quantitative estimate of drug-likeness (QED) is 0.404. The molecular formula is C32H43N7O2. The van der Waals surface area contributed by atoms with Crippen molar-refractivity contribution in [2.45, 2.75) is 38.0 Å². The number of ether oxygens (including phenoxy) is 1. The van der Waals surface area contributed by atoms with Gasteiger partial charge in [-0.2, -0.15) is 0 Å². The first-order chi connectivity index (χ1) is 20.1. The third kappa shape index (κ3) is 6.90. The van der Waals surface area contributed by atoms with Crippen LogP contribution in [0.2, 0.25) is 0 Å². The van der Waals surface area contributed by atoms with E-state index < -0.39 is 0 Å². The molecule has 9 nitrogen and oxygen atoms in total. The molecule has 0 spiro atoms. The van der Waals surface area contributed by atoms with Gasteiger partial charge in [-0.15, -0.1) is 0 Å². The van der Waals surface area contributed by atoms with Crippen LogP contribution in [0, 0.1) is 0 Å². The molecule has 0 unspecified atom stereocenters. The van der Waals surface area contributed by atoms with Crippen LogP contribution in [0.25, 0.3) is 10.9 Å². The minimum Gasteiger partial charge on any atom is -0.493 e. The van der Waals surface area contributed by atoms with Crippen molar-refractivity contribution in [2.75, 3.05) is 82.8 Å². The van der Waals surface area contributed by atoms with Crippen molar-refractivity contribution in [3.8, 4) is 5.75 Å². The number of nitrogens with zero attached hydrogens (tertiary/aromatic N) is 6. The third-order valence-electron chi connectivity index (χ3n) is 8.88. The van der Waals surface area contributed by atoms with Crippen LogP contribution in [0.1, 0.15) is 43.7 Å². The number of likely N-dealkylation sites (tertiary alicyclic amines) is 1. The number of nitrogens with one attached hydrogen (secondary N) is 1. The van der Waals surface area contributed by atoms with Gasteiger partial charge in [-0.3, -0.25) is 0 Å². The number of anilines is 2. The standard InChI is InChI=1S/C32H43N7O2/c1-36-18-20-37(21-19-36)13-4-22-41-28-9-10-29-30(23-28)33-24-34-31(29)25-11-16-39(17-12-25)32(40)35-26-5-7-27(8-6-26)38-14-2-3-15-38/h5-10,23-25H,2-4,11-22H2,1H3,(H,35,40). The first-order valence-corrected chi connectivity index (χ1v) is 15.3. The number of benzene rings is 2. The van der Waals surface area contributed by atoms with Crippen LogP contribution in [-0.2, 0) is 0 Å². The van der Waals surface area contributed by atoms with E-state index >= 15 is 0 Å². The molecule has 3 saturated heterocycles. The zero-order chi connectivity index (χ0) is 28.0. The van der Waals surface area contributed by atoms with E-state index in [1.54, 1.807) is 6.33 Å². The van der Waals surface area contributed by atoms with E-state index in [1.807, 2.05) is 29.2 Å². The summed E-state index contributed by atoms with van der Waals surface area (Å²) in [6.07, 6.45) is 6.97. The molecule has 0 bridgehead atoms. The van der Waals surface area contributed by atoms with Crippen LogP contribution in [0.15, 0.2) is 48.8 Å². The van der Waals surface area contributed by atoms with Crippen LogP contribution < -0.4 is 15.0 Å². The summed E-state index contributed by atoms with van der Waals surface area (Å²) in [5.74, 6) is 1.17. The van der Waals surface area contributed by atoms with E-state index in [-0.39, 0.29) is 6.03 Å². The maximum absolute atomic E-state index is 13.0. The van der Waals surface area contributed by atoms with Gasteiger partial charge >= 0.3 is 6.03 Å². The maximum atomic E-state index is 13.0. The van der Waals surface area contributed by atoms with Crippen molar-refractivity contribution < 1.29 is 9.53 Å². The summed E-state index contributed by atoms with van der Waals surface area (Å²) < 4.78 is 6.08. The number of hydrogen-bond donors (Lipinski definition) is 1. The predicted octanol–water partition coefficient (Wildman–Crippen LogP) is 4.66. The van der Waals surface area contributed by atoms with Crippen molar-refractivity contribution in [3.05, 3.63) is 54.5 Å². The molecule has 3 fully saturated rings. The van der Waals surface area contributed by atoms with Gasteiger partial charge in [-0.25, -0.2) is 14.8 Å². The lowest BCUT2D eigenvalue weighted by molar-refractivity contribution is 0.145. The third-order valence-corrected chi connectivity index (χ3v) is 8.88. The van der Waals surface area contributed by atoms with E-state index in [0.717, 1.165) is 93.1 Å². The first-order valence-electron chi connectivity index (χ1n) is 15.3. The average Bonchev–Trinajstić information content (AvgIpc) is 3.56. The number of carbonyl (C=O) groups is 1. The molecule has 0 saturated carbocycles. The van der Waals surface area contributed by atoms with Crippen molar-refractivity contribution in [2.24, 2.45) is 0 Å². The number of rotatable bonds is 8. The van der Waals surface area contributed by atoms with Gasteiger partial charge in [-0.1, -0.05) is 0 Å². The maximum Gasteiger partial charge on any atom is 0.321 e. The lowest BCUT2D eigenvalue weighted by Crippen LogP contribution is -2.44. The van der Waals surface area contributed by atoms with Gasteiger partial charge in [-0.05, 0) is 75.5 Å². The number of carbonyl (C=O) groups excluding carboxylic acids is 1. The number of hydrogen-bond acceptors (Lipinski definition) is 7. The highest BCUT2D eigenvalue weighted by Crippen LogP contribution is 2.32. The number of piperidine rings is 1. The second-order valence-corrected chi connectivity index (χ2v) is 11.7. The molecule has 4 heterocycles. The Morgan fingerprint density at radius 3 is 2.44 bits per heavy atom. The van der Waals surface area contributed by atoms with Crippen LogP contribution in [0.4, 0.5) is 16.2 Å². The smallest absolute Gasteiger partial charge is 0.321 e. The molecule has 3 aliphatic heterocycles. The summed E-state index contributed by atoms with van der Waals surface area (Å²) in [6.45, 7) is 10.0. The van der Waals surface area contributed by atoms with Gasteiger partial charge in [0.2, 0.25) is 0 Å². The van der Waals surface area contributed by atoms with E-state index in [0.29, 0.717) is 25.6 Å². The Balaban J connectivity index is 0.989. The molecule has 2 amide bonds. The van der Waals surface area contributed by atoms with Gasteiger partial charge in [0, 0.05) is 87.6 Å². The molecule has 6 rings (SSSR count). The van der Waals surface area contributed by atoms with Crippen molar-refractivity contribution in [3.63, 3.8) is 0 Å². The summed E-state index contributed by atoms with van der Waals surface area (Å²) in [5, 5.41) is 4.17. The fraction of sp³-hybridized carbons (Fsp3) is 0.531. The highest BCUT2D eigenvalue weighted by atomic mass is 16.5. The molecule has 9 heteroatoms. The molecule has 3 aromatic rings. The second kappa shape index (κ2) is 13.0. The van der Waals surface area contributed by atoms with E-state index in [9.17, 15) is 4.79 Å². The highest BCUT2D eigenvalue weighted by Gasteiger charge is 2.26. The number of fused-ring (bicyclic) bond motifs is 1. The fourth-order valence-electron chi connectivity index (χ4n) is 6.31. The molecule has 0 aliphatic carbocycles. The molecule has 1 aromatic heterocycles. The van der Waals surface area contributed by atoms with Crippen molar-refractivity contribution >= 4 is 28.3 Å². The average molecular weight is 558 g/mol. The molecular weight excluding hydrogens is 514 g/mol. The Morgan fingerprint density at radius 1 is 0.927 bits per heavy atom. The Hall–Kier alpha value is -3.43. The monoisotopic (exact) mass is 557 g/mol. The molecule has 1 N–H and O–H groups in total. The van der Waals surface area contributed by atoms with E-state index in [2.05, 4.69) is 55.2 Å². The number of likely N-dealkylation sites (N-methyl/N-ethyl adjacent to an activating group) is 1. The predicted molar refractivity (Wildman–Crippen MR) is 164 cm³/mol. The van der Waals surface area contributed by atoms with E-state index in [1.165, 1.54) is 18.5 Å². The zero-order valence-corrected chi connectivity index (χ0v) is 24.3. The van der Waals surface area contributed by atoms with Gasteiger partial charge in [0.1, 0.15) is 12.1 Å². The van der Waals surface area contributed by atoms with Crippen molar-refractivity contribution in [1.82, 2.24) is 24.7 Å². The fourth-order valence-corrected chi connectivity index (χ4v) is 6.31. The van der Waals surface area contributed by atoms with Gasteiger partial charge < -0.3 is 29.7 Å². The van der Waals surface area contributed by atoms with Gasteiger partial charge in [0.25, 0.3) is 0 Å². The summed E-state index contributed by atoms with van der Waals surface area (Å²) in [4.78, 5) is 31.4. The Bertz CT molecular complexity index is 1300. The minimum atomic E-state index is -0.0284. The number of aromatic nitrogens is 2. The van der Waals surface area contributed by atoms with E-state index in [4.69, 9.17) is 4.74 Å². The van der Waals surface area contributed by atoms with Crippen molar-refractivity contribution in [1.29, 1.82) is 0 Å². The molecule has 41 heavy (non-hydrogen) atoms. The van der Waals surface area contributed by atoms with Crippen LogP contribution >= 0.6 is 0 Å². The molecule has 0 atom stereocenters. The van der Waals surface area contributed by atoms with Crippen LogP contribution in [0.5, 0.6) is 5.75 Å². The molecule has 3 aliphatic rings. The lowest BCUT2D eigenvalue weighted by Gasteiger charge is -2.32. The SMILES string of the molecule is CN1CCN(CCCOc2ccc3c(C4CCN(C(=O)Nc5ccc(N6CCCC6)cc5)CC4)ncnc3c2)CC1. The van der Waals surface area contributed by atoms with Crippen LogP contribution in [-0.4, -0.2) is 103 Å². The first kappa shape index (κ1) is 27.7. The summed E-state index contributed by atoms with van der Waals surface area (Å²) in [7, 11) is 2.19. The number of urea groups is 1. The number of amides is 2. The largest absolute Gasteiger partial charge is 0.493 e. The number of piperazine rings is 1. The van der Waals surface area contributed by atoms with Gasteiger partial charge in [0.05, 0.1) is 17.8 Å². The zero-order valence-electron chi connectivity index (χ0n) is 24.3. The molecule has 0 radical (unpaired) electrons. The summed E-state index contributed by atoms with van der Waals surface area (Å²) >= 11 is 0. The Kier molecular flexibility index (Phi) is 8.82. The summed E-state index contributed by atoms with van der Waals surface area (Å²) in [5.41, 5.74) is 4.08. The lowest BCUT2D eigenvalue weighted by atomic mass is 9.91. The summed E-state index contributed by atoms with van der Waals surface area (Å²) in [6, 6.07) is 14.4. The van der Waals surface area contributed by atoms with Gasteiger partial charge in [0.15, 0.2) is 0 Å². The minimum absolute atomic E-state index is 0.0284. The second-order valence-electron chi connectivity index (χ2n) is 11.7. The van der Waals surface area contributed by atoms with Crippen LogP contribution in [0.3, 0.4) is 0 Å².